The van der Waals surface area contributed by atoms with Crippen LogP contribution in [0.1, 0.15) is 17.0 Å². The van der Waals surface area contributed by atoms with E-state index in [1.807, 2.05) is 0 Å². The second kappa shape index (κ2) is 9.18. The fourth-order valence-corrected chi connectivity index (χ4v) is 4.01. The molecule has 0 unspecified atom stereocenters. The zero-order valence-electron chi connectivity index (χ0n) is 18.3. The molecular weight excluding hydrogens is 520 g/mol. The van der Waals surface area contributed by atoms with E-state index in [2.05, 4.69) is 26.0 Å². The molecule has 35 heavy (non-hydrogen) atoms. The second-order valence-electron chi connectivity index (χ2n) is 7.61. The van der Waals surface area contributed by atoms with Crippen molar-refractivity contribution >= 4 is 38.7 Å². The van der Waals surface area contributed by atoms with Gasteiger partial charge in [0.2, 0.25) is 12.5 Å². The first-order chi connectivity index (χ1) is 16.9. The first-order valence-corrected chi connectivity index (χ1v) is 11.2. The van der Waals surface area contributed by atoms with E-state index >= 15 is 0 Å². The Kier molecular flexibility index (Phi) is 5.91. The Labute approximate surface area is 206 Å². The molecule has 0 N–H and O–H groups in total. The third kappa shape index (κ3) is 4.45. The molecule has 0 amide bonds. The molecule has 0 bridgehead atoms. The zero-order valence-corrected chi connectivity index (χ0v) is 19.9. The number of rotatable bonds is 6. The number of hydrogen-bond donors (Lipinski definition) is 0. The van der Waals surface area contributed by atoms with E-state index in [-0.39, 0.29) is 30.4 Å². The molecule has 0 atom stereocenters. The van der Waals surface area contributed by atoms with Gasteiger partial charge < -0.3 is 14.2 Å². The Balaban J connectivity index is 1.50. The standard InChI is InChI=1S/C24H17BrN4O6/c1-14-27-19-7-6-17(25)10-18(19)24(30)28(14)26-11-16-3-2-4-20(29(31)32)23(16)33-12-15-5-8-21-22(9-15)35-13-34-21/h2-11H,12-13H2,1H3. The molecule has 2 heterocycles. The summed E-state index contributed by atoms with van der Waals surface area (Å²) in [5.41, 5.74) is 1.04. The van der Waals surface area contributed by atoms with Gasteiger partial charge in [-0.15, -0.1) is 0 Å². The van der Waals surface area contributed by atoms with Crippen molar-refractivity contribution in [2.45, 2.75) is 13.5 Å². The van der Waals surface area contributed by atoms with Gasteiger partial charge in [-0.2, -0.15) is 9.78 Å². The highest BCUT2D eigenvalue weighted by Gasteiger charge is 2.20. The Morgan fingerprint density at radius 3 is 2.86 bits per heavy atom. The number of halogens is 1. The normalized spacial score (nSPS) is 12.4. The predicted molar refractivity (Wildman–Crippen MR) is 131 cm³/mol. The smallest absolute Gasteiger partial charge is 0.311 e. The monoisotopic (exact) mass is 536 g/mol. The van der Waals surface area contributed by atoms with Crippen molar-refractivity contribution in [2.75, 3.05) is 6.79 Å². The van der Waals surface area contributed by atoms with Crippen molar-refractivity contribution in [3.05, 3.63) is 96.5 Å². The van der Waals surface area contributed by atoms with Crippen molar-refractivity contribution < 1.29 is 19.1 Å². The van der Waals surface area contributed by atoms with E-state index in [1.165, 1.54) is 18.3 Å². The lowest BCUT2D eigenvalue weighted by Crippen LogP contribution is -2.20. The van der Waals surface area contributed by atoms with Crippen molar-refractivity contribution in [1.82, 2.24) is 9.66 Å². The van der Waals surface area contributed by atoms with E-state index in [4.69, 9.17) is 14.2 Å². The van der Waals surface area contributed by atoms with Crippen LogP contribution in [0.3, 0.4) is 0 Å². The van der Waals surface area contributed by atoms with Crippen LogP contribution in [0.4, 0.5) is 5.69 Å². The number of aryl methyl sites for hydroxylation is 1. The van der Waals surface area contributed by atoms with Crippen LogP contribution in [0.5, 0.6) is 17.2 Å². The summed E-state index contributed by atoms with van der Waals surface area (Å²) in [6.45, 7) is 1.85. The van der Waals surface area contributed by atoms with Gasteiger partial charge in [-0.3, -0.25) is 14.9 Å². The minimum Gasteiger partial charge on any atom is -0.481 e. The van der Waals surface area contributed by atoms with Crippen LogP contribution in [-0.2, 0) is 6.61 Å². The summed E-state index contributed by atoms with van der Waals surface area (Å²) in [5.74, 6) is 1.61. The maximum atomic E-state index is 13.0. The van der Waals surface area contributed by atoms with Crippen LogP contribution in [0.2, 0.25) is 0 Å². The first kappa shape index (κ1) is 22.5. The highest BCUT2D eigenvalue weighted by atomic mass is 79.9. The third-order valence-electron chi connectivity index (χ3n) is 5.32. The molecule has 0 spiro atoms. The van der Waals surface area contributed by atoms with Crippen molar-refractivity contribution in [2.24, 2.45) is 5.10 Å². The molecule has 0 saturated carbocycles. The topological polar surface area (TPSA) is 118 Å². The number of benzene rings is 3. The Bertz CT molecular complexity index is 1570. The summed E-state index contributed by atoms with van der Waals surface area (Å²) in [4.78, 5) is 28.6. The molecule has 10 nitrogen and oxygen atoms in total. The summed E-state index contributed by atoms with van der Waals surface area (Å²) >= 11 is 3.36. The number of aromatic nitrogens is 2. The first-order valence-electron chi connectivity index (χ1n) is 10.4. The highest BCUT2D eigenvalue weighted by Crippen LogP contribution is 2.34. The maximum Gasteiger partial charge on any atom is 0.311 e. The van der Waals surface area contributed by atoms with Gasteiger partial charge in [0.15, 0.2) is 11.5 Å². The molecule has 176 valence electrons. The van der Waals surface area contributed by atoms with Crippen molar-refractivity contribution in [1.29, 1.82) is 0 Å². The summed E-state index contributed by atoms with van der Waals surface area (Å²) in [5, 5.41) is 16.3. The molecule has 3 aromatic carbocycles. The van der Waals surface area contributed by atoms with Gasteiger partial charge in [0.25, 0.3) is 5.56 Å². The van der Waals surface area contributed by atoms with Gasteiger partial charge in [0.1, 0.15) is 12.4 Å². The minimum atomic E-state index is -0.529. The maximum absolute atomic E-state index is 13.0. The van der Waals surface area contributed by atoms with Crippen LogP contribution in [0.15, 0.2) is 69.0 Å². The van der Waals surface area contributed by atoms with Gasteiger partial charge in [-0.05, 0) is 48.9 Å². The number of hydrogen-bond acceptors (Lipinski definition) is 8. The second-order valence-corrected chi connectivity index (χ2v) is 8.53. The zero-order chi connectivity index (χ0) is 24.5. The quantitative estimate of drug-likeness (QED) is 0.201. The van der Waals surface area contributed by atoms with Crippen LogP contribution in [0.25, 0.3) is 10.9 Å². The summed E-state index contributed by atoms with van der Waals surface area (Å²) in [6, 6.07) is 15.0. The van der Waals surface area contributed by atoms with Gasteiger partial charge >= 0.3 is 5.69 Å². The van der Waals surface area contributed by atoms with Crippen LogP contribution >= 0.6 is 15.9 Å². The number of para-hydroxylation sites is 1. The molecule has 0 aliphatic carbocycles. The van der Waals surface area contributed by atoms with E-state index < -0.39 is 4.92 Å². The number of fused-ring (bicyclic) bond motifs is 2. The fraction of sp³-hybridized carbons (Fsp3) is 0.125. The summed E-state index contributed by atoms with van der Waals surface area (Å²) < 4.78 is 18.4. The fourth-order valence-electron chi connectivity index (χ4n) is 3.65. The summed E-state index contributed by atoms with van der Waals surface area (Å²) in [7, 11) is 0. The Hall–Kier alpha value is -4.25. The van der Waals surface area contributed by atoms with Crippen molar-refractivity contribution in [3.8, 4) is 17.2 Å². The molecule has 0 fully saturated rings. The van der Waals surface area contributed by atoms with Gasteiger partial charge in [-0.25, -0.2) is 4.98 Å². The van der Waals surface area contributed by atoms with Gasteiger partial charge in [0.05, 0.1) is 22.0 Å². The van der Waals surface area contributed by atoms with E-state index in [1.54, 1.807) is 49.4 Å². The largest absolute Gasteiger partial charge is 0.481 e. The average molecular weight is 537 g/mol. The van der Waals surface area contributed by atoms with Crippen molar-refractivity contribution in [3.63, 3.8) is 0 Å². The minimum absolute atomic E-state index is 0.0288. The third-order valence-corrected chi connectivity index (χ3v) is 5.82. The molecule has 5 rings (SSSR count). The molecular formula is C24H17BrN4O6. The molecule has 1 aliphatic heterocycles. The van der Waals surface area contributed by atoms with E-state index in [0.29, 0.717) is 33.8 Å². The number of nitro groups is 1. The number of ether oxygens (including phenoxy) is 3. The van der Waals surface area contributed by atoms with Gasteiger partial charge in [0, 0.05) is 16.1 Å². The Morgan fingerprint density at radius 1 is 1.20 bits per heavy atom. The molecule has 0 radical (unpaired) electrons. The van der Waals surface area contributed by atoms with E-state index in [9.17, 15) is 14.9 Å². The lowest BCUT2D eigenvalue weighted by molar-refractivity contribution is -0.385. The van der Waals surface area contributed by atoms with Crippen LogP contribution in [0, 0.1) is 17.0 Å². The predicted octanol–water partition coefficient (Wildman–Crippen LogP) is 4.57. The highest BCUT2D eigenvalue weighted by molar-refractivity contribution is 9.10. The lowest BCUT2D eigenvalue weighted by Gasteiger charge is -2.10. The number of nitro benzene ring substituents is 1. The SMILES string of the molecule is Cc1nc2ccc(Br)cc2c(=O)n1N=Cc1cccc([N+](=O)[O-])c1OCc1ccc2c(c1)OCO2. The molecule has 4 aromatic rings. The van der Waals surface area contributed by atoms with Crippen LogP contribution < -0.4 is 19.8 Å². The van der Waals surface area contributed by atoms with Gasteiger partial charge in [-0.1, -0.05) is 28.1 Å². The number of nitrogens with zero attached hydrogens (tertiary/aromatic N) is 4. The average Bonchev–Trinajstić information content (AvgIpc) is 3.31. The Morgan fingerprint density at radius 2 is 2.03 bits per heavy atom. The molecule has 11 heteroatoms. The van der Waals surface area contributed by atoms with E-state index in [0.717, 1.165) is 14.7 Å². The lowest BCUT2D eigenvalue weighted by atomic mass is 10.1. The molecule has 0 saturated heterocycles. The molecule has 1 aliphatic rings. The summed E-state index contributed by atoms with van der Waals surface area (Å²) in [6.07, 6.45) is 1.35. The van der Waals surface area contributed by atoms with Crippen LogP contribution in [-0.4, -0.2) is 27.6 Å². The molecule has 1 aromatic heterocycles.